The standard InChI is InChI=1S/C13H15FN2O/c1-3-5-12(4-2)16-13(17)9-6-10(14)8-11(15)7-9/h2,6-8,12H,3,5,15H2,1H3,(H,16,17). The monoisotopic (exact) mass is 234 g/mol. The van der Waals surface area contributed by atoms with Gasteiger partial charge < -0.3 is 11.1 Å². The Morgan fingerprint density at radius 1 is 1.59 bits per heavy atom. The van der Waals surface area contributed by atoms with Crippen LogP contribution in [0.3, 0.4) is 0 Å². The van der Waals surface area contributed by atoms with Crippen LogP contribution in [0.1, 0.15) is 30.1 Å². The van der Waals surface area contributed by atoms with E-state index in [0.717, 1.165) is 18.6 Å². The lowest BCUT2D eigenvalue weighted by atomic mass is 10.1. The third kappa shape index (κ3) is 3.80. The Morgan fingerprint density at radius 2 is 2.29 bits per heavy atom. The van der Waals surface area contributed by atoms with Gasteiger partial charge in [-0.05, 0) is 24.6 Å². The first-order valence-corrected chi connectivity index (χ1v) is 5.40. The second-order valence-electron chi connectivity index (χ2n) is 3.75. The Morgan fingerprint density at radius 3 is 2.82 bits per heavy atom. The number of nitrogens with one attached hydrogen (secondary N) is 1. The third-order valence-electron chi connectivity index (χ3n) is 2.27. The zero-order chi connectivity index (χ0) is 12.8. The fourth-order valence-electron chi connectivity index (χ4n) is 1.47. The highest BCUT2D eigenvalue weighted by Crippen LogP contribution is 2.11. The van der Waals surface area contributed by atoms with Crippen LogP contribution in [-0.2, 0) is 0 Å². The van der Waals surface area contributed by atoms with E-state index in [4.69, 9.17) is 12.2 Å². The molecule has 0 aliphatic carbocycles. The van der Waals surface area contributed by atoms with Crippen molar-refractivity contribution in [2.24, 2.45) is 0 Å². The molecule has 1 aromatic carbocycles. The molecule has 0 aliphatic rings. The number of nitrogen functional groups attached to an aromatic ring is 1. The summed E-state index contributed by atoms with van der Waals surface area (Å²) >= 11 is 0. The van der Waals surface area contributed by atoms with Crippen molar-refractivity contribution in [1.82, 2.24) is 5.32 Å². The summed E-state index contributed by atoms with van der Waals surface area (Å²) in [6.07, 6.45) is 6.83. The second-order valence-corrected chi connectivity index (χ2v) is 3.75. The van der Waals surface area contributed by atoms with Gasteiger partial charge in [0.2, 0.25) is 0 Å². The molecule has 1 atom stereocenters. The molecular weight excluding hydrogens is 219 g/mol. The lowest BCUT2D eigenvalue weighted by Gasteiger charge is -2.12. The number of anilines is 1. The van der Waals surface area contributed by atoms with E-state index in [9.17, 15) is 9.18 Å². The van der Waals surface area contributed by atoms with Gasteiger partial charge in [0.25, 0.3) is 5.91 Å². The number of rotatable bonds is 4. The predicted molar refractivity (Wildman–Crippen MR) is 65.8 cm³/mol. The first-order valence-electron chi connectivity index (χ1n) is 5.40. The molecule has 0 saturated heterocycles. The molecule has 1 rings (SSSR count). The minimum atomic E-state index is -0.539. The topological polar surface area (TPSA) is 55.1 Å². The number of halogens is 1. The molecule has 1 amide bonds. The maximum Gasteiger partial charge on any atom is 0.252 e. The molecule has 0 aliphatic heterocycles. The van der Waals surface area contributed by atoms with E-state index in [2.05, 4.69) is 11.2 Å². The number of amides is 1. The van der Waals surface area contributed by atoms with Gasteiger partial charge >= 0.3 is 0 Å². The molecule has 3 N–H and O–H groups in total. The SMILES string of the molecule is C#CC(CCC)NC(=O)c1cc(N)cc(F)c1. The van der Waals surface area contributed by atoms with Crippen LogP contribution in [0.2, 0.25) is 0 Å². The molecule has 0 radical (unpaired) electrons. The number of hydrogen-bond donors (Lipinski definition) is 2. The Balaban J connectivity index is 2.79. The molecule has 0 aromatic heterocycles. The number of carbonyl (C=O) groups excluding carboxylic acids is 1. The van der Waals surface area contributed by atoms with Crippen molar-refractivity contribution < 1.29 is 9.18 Å². The van der Waals surface area contributed by atoms with Gasteiger partial charge in [0.15, 0.2) is 0 Å². The highest BCUT2D eigenvalue weighted by molar-refractivity contribution is 5.95. The zero-order valence-corrected chi connectivity index (χ0v) is 9.66. The Kier molecular flexibility index (Phi) is 4.53. The fourth-order valence-corrected chi connectivity index (χ4v) is 1.47. The van der Waals surface area contributed by atoms with Gasteiger partial charge in [-0.25, -0.2) is 4.39 Å². The highest BCUT2D eigenvalue weighted by atomic mass is 19.1. The molecule has 0 saturated carbocycles. The average Bonchev–Trinajstić information content (AvgIpc) is 2.27. The highest BCUT2D eigenvalue weighted by Gasteiger charge is 2.12. The minimum Gasteiger partial charge on any atom is -0.399 e. The molecule has 4 heteroatoms. The van der Waals surface area contributed by atoms with Crippen LogP contribution < -0.4 is 11.1 Å². The van der Waals surface area contributed by atoms with E-state index in [-0.39, 0.29) is 17.3 Å². The van der Waals surface area contributed by atoms with Crippen LogP contribution in [0.15, 0.2) is 18.2 Å². The number of benzene rings is 1. The van der Waals surface area contributed by atoms with E-state index in [1.807, 2.05) is 6.92 Å². The van der Waals surface area contributed by atoms with E-state index in [0.29, 0.717) is 6.42 Å². The van der Waals surface area contributed by atoms with Crippen LogP contribution >= 0.6 is 0 Å². The lowest BCUT2D eigenvalue weighted by molar-refractivity contribution is 0.0944. The van der Waals surface area contributed by atoms with Gasteiger partial charge in [0.1, 0.15) is 5.82 Å². The Hall–Kier alpha value is -2.02. The number of carbonyl (C=O) groups is 1. The van der Waals surface area contributed by atoms with Crippen molar-refractivity contribution in [3.05, 3.63) is 29.6 Å². The molecule has 3 nitrogen and oxygen atoms in total. The molecule has 0 fully saturated rings. The van der Waals surface area contributed by atoms with Gasteiger partial charge in [-0.3, -0.25) is 4.79 Å². The summed E-state index contributed by atoms with van der Waals surface area (Å²) in [6, 6.07) is 3.36. The molecule has 17 heavy (non-hydrogen) atoms. The maximum atomic E-state index is 13.1. The van der Waals surface area contributed by atoms with Crippen LogP contribution in [0.25, 0.3) is 0 Å². The van der Waals surface area contributed by atoms with Gasteiger partial charge in [0, 0.05) is 11.3 Å². The van der Waals surface area contributed by atoms with Gasteiger partial charge in [-0.1, -0.05) is 19.3 Å². The summed E-state index contributed by atoms with van der Waals surface area (Å²) < 4.78 is 13.1. The average molecular weight is 234 g/mol. The number of hydrogen-bond acceptors (Lipinski definition) is 2. The smallest absolute Gasteiger partial charge is 0.252 e. The summed E-state index contributed by atoms with van der Waals surface area (Å²) in [5, 5.41) is 2.64. The minimum absolute atomic E-state index is 0.179. The summed E-state index contributed by atoms with van der Waals surface area (Å²) in [6.45, 7) is 1.97. The van der Waals surface area contributed by atoms with Gasteiger partial charge in [-0.15, -0.1) is 6.42 Å². The molecule has 0 spiro atoms. The molecule has 1 unspecified atom stereocenters. The van der Waals surface area contributed by atoms with Crippen LogP contribution in [0, 0.1) is 18.2 Å². The third-order valence-corrected chi connectivity index (χ3v) is 2.27. The molecular formula is C13H15FN2O. The second kappa shape index (κ2) is 5.90. The molecule has 90 valence electrons. The van der Waals surface area contributed by atoms with Crippen molar-refractivity contribution >= 4 is 11.6 Å². The van der Waals surface area contributed by atoms with Crippen molar-refractivity contribution in [2.75, 3.05) is 5.73 Å². The van der Waals surface area contributed by atoms with Gasteiger partial charge in [-0.2, -0.15) is 0 Å². The predicted octanol–water partition coefficient (Wildman–Crippen LogP) is 1.94. The first kappa shape index (κ1) is 13.0. The Bertz CT molecular complexity index is 431. The zero-order valence-electron chi connectivity index (χ0n) is 9.66. The van der Waals surface area contributed by atoms with E-state index in [1.54, 1.807) is 0 Å². The fraction of sp³-hybridized carbons (Fsp3) is 0.308. The van der Waals surface area contributed by atoms with Crippen LogP contribution in [-0.4, -0.2) is 11.9 Å². The van der Waals surface area contributed by atoms with Crippen molar-refractivity contribution in [2.45, 2.75) is 25.8 Å². The molecule has 0 bridgehead atoms. The Labute approximate surface area is 100 Å². The molecule has 1 aromatic rings. The number of nitrogens with two attached hydrogens (primary N) is 1. The number of terminal acetylenes is 1. The van der Waals surface area contributed by atoms with Crippen LogP contribution in [0.4, 0.5) is 10.1 Å². The first-order chi connectivity index (χ1) is 8.06. The van der Waals surface area contributed by atoms with Crippen LogP contribution in [0.5, 0.6) is 0 Å². The van der Waals surface area contributed by atoms with Crippen molar-refractivity contribution in [1.29, 1.82) is 0 Å². The van der Waals surface area contributed by atoms with Crippen molar-refractivity contribution in [3.63, 3.8) is 0 Å². The van der Waals surface area contributed by atoms with Gasteiger partial charge in [0.05, 0.1) is 6.04 Å². The van der Waals surface area contributed by atoms with E-state index in [1.165, 1.54) is 6.07 Å². The van der Waals surface area contributed by atoms with E-state index >= 15 is 0 Å². The quantitative estimate of drug-likeness (QED) is 0.618. The molecule has 0 heterocycles. The largest absolute Gasteiger partial charge is 0.399 e. The summed E-state index contributed by atoms with van der Waals surface area (Å²) in [5.41, 5.74) is 5.85. The lowest BCUT2D eigenvalue weighted by Crippen LogP contribution is -2.33. The van der Waals surface area contributed by atoms with E-state index < -0.39 is 11.7 Å². The normalized spacial score (nSPS) is 11.6. The van der Waals surface area contributed by atoms with Crippen molar-refractivity contribution in [3.8, 4) is 12.3 Å². The maximum absolute atomic E-state index is 13.1. The summed E-state index contributed by atoms with van der Waals surface area (Å²) in [4.78, 5) is 11.8. The summed E-state index contributed by atoms with van der Waals surface area (Å²) in [7, 11) is 0. The summed E-state index contributed by atoms with van der Waals surface area (Å²) in [5.74, 6) is 1.53.